The number of likely N-dealkylation sites (N-methyl/N-ethyl adjacent to an activating group) is 1. The van der Waals surface area contributed by atoms with Gasteiger partial charge in [0.15, 0.2) is 0 Å². The molecule has 0 fully saturated rings. The summed E-state index contributed by atoms with van der Waals surface area (Å²) in [5, 5.41) is 3.74. The van der Waals surface area contributed by atoms with E-state index >= 15 is 0 Å². The zero-order valence-electron chi connectivity index (χ0n) is 11.7. The molecule has 0 bridgehead atoms. The first kappa shape index (κ1) is 16.4. The van der Waals surface area contributed by atoms with Crippen LogP contribution in [0.2, 0.25) is 5.02 Å². The fourth-order valence-electron chi connectivity index (χ4n) is 2.33. The van der Waals surface area contributed by atoms with E-state index in [4.69, 9.17) is 11.6 Å². The fraction of sp³-hybridized carbons (Fsp3) is 0.250. The van der Waals surface area contributed by atoms with Crippen LogP contribution in [0.5, 0.6) is 0 Å². The summed E-state index contributed by atoms with van der Waals surface area (Å²) in [6, 6.07) is 7.96. The molecule has 0 aliphatic heterocycles. The lowest BCUT2D eigenvalue weighted by atomic mass is 9.95. The Bertz CT molecular complexity index is 661. The van der Waals surface area contributed by atoms with E-state index in [0.717, 1.165) is 11.1 Å². The van der Waals surface area contributed by atoms with Crippen molar-refractivity contribution in [3.8, 4) is 0 Å². The minimum Gasteiger partial charge on any atom is -0.313 e. The van der Waals surface area contributed by atoms with Gasteiger partial charge in [-0.25, -0.2) is 8.78 Å². The van der Waals surface area contributed by atoms with Crippen molar-refractivity contribution in [3.05, 3.63) is 68.2 Å². The molecule has 0 aliphatic rings. The van der Waals surface area contributed by atoms with Crippen molar-refractivity contribution in [1.29, 1.82) is 0 Å². The lowest BCUT2D eigenvalue weighted by Crippen LogP contribution is -2.21. The normalized spacial score (nSPS) is 12.5. The summed E-state index contributed by atoms with van der Waals surface area (Å²) in [7, 11) is 1.76. The van der Waals surface area contributed by atoms with Crippen LogP contribution in [0.25, 0.3) is 0 Å². The Balaban J connectivity index is 2.41. The zero-order chi connectivity index (χ0) is 15.6. The molecule has 0 aromatic heterocycles. The van der Waals surface area contributed by atoms with Crippen molar-refractivity contribution < 1.29 is 8.78 Å². The molecule has 0 heterocycles. The molecule has 0 spiro atoms. The van der Waals surface area contributed by atoms with Gasteiger partial charge in [0.1, 0.15) is 11.6 Å². The first-order chi connectivity index (χ1) is 9.95. The summed E-state index contributed by atoms with van der Waals surface area (Å²) in [6.45, 7) is 1.90. The van der Waals surface area contributed by atoms with Crippen LogP contribution in [-0.4, -0.2) is 7.05 Å². The highest BCUT2D eigenvalue weighted by Gasteiger charge is 2.19. The lowest BCUT2D eigenvalue weighted by molar-refractivity contribution is 0.511. The smallest absolute Gasteiger partial charge is 0.143 e. The van der Waals surface area contributed by atoms with Gasteiger partial charge in [0.25, 0.3) is 0 Å². The van der Waals surface area contributed by atoms with Crippen LogP contribution in [0.4, 0.5) is 8.78 Å². The van der Waals surface area contributed by atoms with Crippen LogP contribution in [0.15, 0.2) is 34.8 Å². The molecular formula is C16H15BrClF2N. The molecule has 2 aromatic rings. The first-order valence-corrected chi connectivity index (χ1v) is 7.67. The second-order valence-corrected chi connectivity index (χ2v) is 6.08. The van der Waals surface area contributed by atoms with Gasteiger partial charge in [0.05, 0.1) is 4.47 Å². The average molecular weight is 375 g/mol. The van der Waals surface area contributed by atoms with Crippen LogP contribution >= 0.6 is 27.5 Å². The Labute approximate surface area is 136 Å². The molecule has 0 aliphatic carbocycles. The molecule has 1 N–H and O–H groups in total. The van der Waals surface area contributed by atoms with E-state index in [0.29, 0.717) is 5.02 Å². The number of halogens is 4. The third-order valence-corrected chi connectivity index (χ3v) is 4.60. The molecule has 0 radical (unpaired) electrons. The molecule has 5 heteroatoms. The van der Waals surface area contributed by atoms with Crippen molar-refractivity contribution in [2.45, 2.75) is 19.4 Å². The highest BCUT2D eigenvalue weighted by Crippen LogP contribution is 2.29. The number of hydrogen-bond acceptors (Lipinski definition) is 1. The molecule has 21 heavy (non-hydrogen) atoms. The van der Waals surface area contributed by atoms with Gasteiger partial charge in [0, 0.05) is 16.6 Å². The number of rotatable bonds is 4. The average Bonchev–Trinajstić information content (AvgIpc) is 2.47. The van der Waals surface area contributed by atoms with Gasteiger partial charge in [0.2, 0.25) is 0 Å². The van der Waals surface area contributed by atoms with Crippen LogP contribution in [-0.2, 0) is 6.42 Å². The van der Waals surface area contributed by atoms with E-state index in [2.05, 4.69) is 21.2 Å². The van der Waals surface area contributed by atoms with Gasteiger partial charge >= 0.3 is 0 Å². The van der Waals surface area contributed by atoms with Crippen LogP contribution in [0.3, 0.4) is 0 Å². The maximum atomic E-state index is 14.1. The van der Waals surface area contributed by atoms with Crippen molar-refractivity contribution in [1.82, 2.24) is 5.32 Å². The SMILES string of the molecule is CNC(Cc1c(F)ccc(Br)c1F)c1cccc(Cl)c1C. The number of hydrogen-bond donors (Lipinski definition) is 1. The van der Waals surface area contributed by atoms with E-state index in [1.54, 1.807) is 13.1 Å². The Kier molecular flexibility index (Phi) is 5.36. The second kappa shape index (κ2) is 6.86. The van der Waals surface area contributed by atoms with Crippen molar-refractivity contribution in [2.75, 3.05) is 7.05 Å². The molecule has 0 saturated heterocycles. The summed E-state index contributed by atoms with van der Waals surface area (Å²) in [5.41, 5.74) is 1.90. The predicted octanol–water partition coefficient (Wildman–Crippen LogP) is 5.19. The molecular weight excluding hydrogens is 360 g/mol. The van der Waals surface area contributed by atoms with Crippen LogP contribution in [0.1, 0.15) is 22.7 Å². The van der Waals surface area contributed by atoms with Crippen molar-refractivity contribution in [3.63, 3.8) is 0 Å². The highest BCUT2D eigenvalue weighted by atomic mass is 79.9. The third kappa shape index (κ3) is 3.44. The van der Waals surface area contributed by atoms with E-state index in [1.165, 1.54) is 12.1 Å². The molecule has 1 atom stereocenters. The van der Waals surface area contributed by atoms with Crippen molar-refractivity contribution in [2.24, 2.45) is 0 Å². The quantitative estimate of drug-likeness (QED) is 0.726. The summed E-state index contributed by atoms with van der Waals surface area (Å²) < 4.78 is 28.3. The standard InChI is InChI=1S/C16H15BrClF2N/c1-9-10(4-3-5-13(9)18)15(21-2)8-11-14(19)7-6-12(17)16(11)20/h3-7,15,21H,8H2,1-2H3. The lowest BCUT2D eigenvalue weighted by Gasteiger charge is -2.20. The topological polar surface area (TPSA) is 12.0 Å². The van der Waals surface area contributed by atoms with E-state index in [1.807, 2.05) is 19.1 Å². The molecule has 1 nitrogen and oxygen atoms in total. The Morgan fingerprint density at radius 1 is 1.24 bits per heavy atom. The second-order valence-electron chi connectivity index (χ2n) is 4.82. The minimum absolute atomic E-state index is 0.0584. The van der Waals surface area contributed by atoms with E-state index in [-0.39, 0.29) is 22.5 Å². The Morgan fingerprint density at radius 3 is 2.62 bits per heavy atom. The fourth-order valence-corrected chi connectivity index (χ4v) is 2.88. The Hall–Kier alpha value is -0.970. The maximum absolute atomic E-state index is 14.1. The van der Waals surface area contributed by atoms with E-state index < -0.39 is 11.6 Å². The predicted molar refractivity (Wildman–Crippen MR) is 85.8 cm³/mol. The molecule has 0 saturated carbocycles. The van der Waals surface area contributed by atoms with Gasteiger partial charge in [-0.2, -0.15) is 0 Å². The molecule has 2 rings (SSSR count). The largest absolute Gasteiger partial charge is 0.313 e. The van der Waals surface area contributed by atoms with Gasteiger partial charge in [-0.15, -0.1) is 0 Å². The number of benzene rings is 2. The monoisotopic (exact) mass is 373 g/mol. The maximum Gasteiger partial charge on any atom is 0.143 e. The third-order valence-electron chi connectivity index (χ3n) is 3.58. The van der Waals surface area contributed by atoms with Gasteiger partial charge in [-0.1, -0.05) is 23.7 Å². The van der Waals surface area contributed by atoms with Gasteiger partial charge < -0.3 is 5.32 Å². The molecule has 2 aromatic carbocycles. The zero-order valence-corrected chi connectivity index (χ0v) is 14.0. The van der Waals surface area contributed by atoms with Crippen LogP contribution < -0.4 is 5.32 Å². The minimum atomic E-state index is -0.560. The highest BCUT2D eigenvalue weighted by molar-refractivity contribution is 9.10. The Morgan fingerprint density at radius 2 is 1.95 bits per heavy atom. The number of nitrogens with one attached hydrogen (secondary N) is 1. The first-order valence-electron chi connectivity index (χ1n) is 6.50. The summed E-state index contributed by atoms with van der Waals surface area (Å²) in [4.78, 5) is 0. The summed E-state index contributed by atoms with van der Waals surface area (Å²) >= 11 is 9.21. The summed E-state index contributed by atoms with van der Waals surface area (Å²) in [5.74, 6) is -1.11. The van der Waals surface area contributed by atoms with Gasteiger partial charge in [-0.3, -0.25) is 0 Å². The molecule has 112 valence electrons. The van der Waals surface area contributed by atoms with Crippen molar-refractivity contribution >= 4 is 27.5 Å². The molecule has 1 unspecified atom stereocenters. The summed E-state index contributed by atoms with van der Waals surface area (Å²) in [6.07, 6.45) is 0.203. The van der Waals surface area contributed by atoms with E-state index in [9.17, 15) is 8.78 Å². The van der Waals surface area contributed by atoms with Gasteiger partial charge in [-0.05, 0) is 65.6 Å². The molecule has 0 amide bonds. The van der Waals surface area contributed by atoms with Crippen LogP contribution in [0, 0.1) is 18.6 Å².